The van der Waals surface area contributed by atoms with E-state index in [1.54, 1.807) is 30.3 Å². The first kappa shape index (κ1) is 17.7. The Balaban J connectivity index is 1.99. The van der Waals surface area contributed by atoms with Crippen LogP contribution in [0.25, 0.3) is 11.1 Å². The summed E-state index contributed by atoms with van der Waals surface area (Å²) in [5.74, 6) is -1.51. The Bertz CT molecular complexity index is 949. The number of rotatable bonds is 3. The maximum Gasteiger partial charge on any atom is 0.435 e. The van der Waals surface area contributed by atoms with Crippen molar-refractivity contribution in [1.82, 2.24) is 9.78 Å². The van der Waals surface area contributed by atoms with Crippen LogP contribution >= 0.6 is 0 Å². The molecule has 4 nitrogen and oxygen atoms in total. The molecule has 3 rings (SSSR count). The predicted molar refractivity (Wildman–Crippen MR) is 88.0 cm³/mol. The summed E-state index contributed by atoms with van der Waals surface area (Å²) in [5.41, 5.74) is -0.718. The standard InChI is InChI=1S/C18H13F4N3O/c1-25-10-14(16(24-25)18(20,21)22)17(26)23-15-8-7-12(19)9-13(15)11-5-3-2-4-6-11/h2-10H,1H3,(H,23,26). The smallest absolute Gasteiger partial charge is 0.321 e. The molecule has 0 fully saturated rings. The molecule has 0 bridgehead atoms. The van der Waals surface area contributed by atoms with Gasteiger partial charge in [0.2, 0.25) is 0 Å². The van der Waals surface area contributed by atoms with Gasteiger partial charge in [0.15, 0.2) is 5.69 Å². The van der Waals surface area contributed by atoms with Gasteiger partial charge < -0.3 is 5.32 Å². The molecule has 134 valence electrons. The first-order valence-corrected chi connectivity index (χ1v) is 7.53. The highest BCUT2D eigenvalue weighted by Crippen LogP contribution is 2.32. The third-order valence-electron chi connectivity index (χ3n) is 3.66. The maximum absolute atomic E-state index is 13.6. The summed E-state index contributed by atoms with van der Waals surface area (Å²) in [6, 6.07) is 12.3. The number of amides is 1. The van der Waals surface area contributed by atoms with Crippen molar-refractivity contribution in [2.75, 3.05) is 5.32 Å². The number of alkyl halides is 3. The molecule has 1 amide bonds. The van der Waals surface area contributed by atoms with Crippen LogP contribution in [0, 0.1) is 5.82 Å². The summed E-state index contributed by atoms with van der Waals surface area (Å²) in [5, 5.41) is 5.73. The van der Waals surface area contributed by atoms with Crippen LogP contribution in [0.5, 0.6) is 0 Å². The molecule has 0 aliphatic heterocycles. The van der Waals surface area contributed by atoms with Gasteiger partial charge in [-0.15, -0.1) is 0 Å². The topological polar surface area (TPSA) is 46.9 Å². The van der Waals surface area contributed by atoms with Crippen LogP contribution in [0.15, 0.2) is 54.7 Å². The fraction of sp³-hybridized carbons (Fsp3) is 0.111. The number of carbonyl (C=O) groups excluding carboxylic acids is 1. The zero-order valence-corrected chi connectivity index (χ0v) is 13.5. The molecule has 0 aliphatic carbocycles. The summed E-state index contributed by atoms with van der Waals surface area (Å²) in [6.45, 7) is 0. The Labute approximate surface area is 146 Å². The summed E-state index contributed by atoms with van der Waals surface area (Å²) in [4.78, 5) is 12.4. The average molecular weight is 363 g/mol. The van der Waals surface area contributed by atoms with E-state index in [9.17, 15) is 22.4 Å². The van der Waals surface area contributed by atoms with Gasteiger partial charge in [-0.2, -0.15) is 18.3 Å². The van der Waals surface area contributed by atoms with Crippen molar-refractivity contribution in [1.29, 1.82) is 0 Å². The maximum atomic E-state index is 13.6. The molecule has 8 heteroatoms. The normalized spacial score (nSPS) is 11.4. The number of nitrogens with zero attached hydrogens (tertiary/aromatic N) is 2. The van der Waals surface area contributed by atoms with Crippen LogP contribution in [0.2, 0.25) is 0 Å². The SMILES string of the molecule is Cn1cc(C(=O)Nc2ccc(F)cc2-c2ccccc2)c(C(F)(F)F)n1. The van der Waals surface area contributed by atoms with Crippen LogP contribution in [0.1, 0.15) is 16.1 Å². The number of hydrogen-bond acceptors (Lipinski definition) is 2. The van der Waals surface area contributed by atoms with E-state index in [1.807, 2.05) is 0 Å². The second-order valence-electron chi connectivity index (χ2n) is 5.57. The van der Waals surface area contributed by atoms with E-state index in [0.717, 1.165) is 16.9 Å². The highest BCUT2D eigenvalue weighted by Gasteiger charge is 2.39. The largest absolute Gasteiger partial charge is 0.435 e. The third kappa shape index (κ3) is 3.58. The second kappa shape index (κ2) is 6.62. The third-order valence-corrected chi connectivity index (χ3v) is 3.66. The highest BCUT2D eigenvalue weighted by atomic mass is 19.4. The Morgan fingerprint density at radius 1 is 1.12 bits per heavy atom. The number of nitrogens with one attached hydrogen (secondary N) is 1. The lowest BCUT2D eigenvalue weighted by Crippen LogP contribution is -2.18. The van der Waals surface area contributed by atoms with Gasteiger partial charge in [0.25, 0.3) is 5.91 Å². The van der Waals surface area contributed by atoms with Gasteiger partial charge >= 0.3 is 6.18 Å². The van der Waals surface area contributed by atoms with Gasteiger partial charge in [0.1, 0.15) is 5.82 Å². The van der Waals surface area contributed by atoms with E-state index in [-0.39, 0.29) is 5.69 Å². The van der Waals surface area contributed by atoms with Gasteiger partial charge in [0.05, 0.1) is 5.56 Å². The van der Waals surface area contributed by atoms with Crippen LogP contribution in [0.4, 0.5) is 23.2 Å². The number of anilines is 1. The minimum absolute atomic E-state index is 0.194. The van der Waals surface area contributed by atoms with Gasteiger partial charge in [-0.25, -0.2) is 4.39 Å². The van der Waals surface area contributed by atoms with Crippen molar-refractivity contribution >= 4 is 11.6 Å². The Kier molecular flexibility index (Phi) is 4.50. The van der Waals surface area contributed by atoms with Crippen molar-refractivity contribution in [2.24, 2.45) is 7.05 Å². The van der Waals surface area contributed by atoms with Crippen LogP contribution in [-0.2, 0) is 13.2 Å². The van der Waals surface area contributed by atoms with Gasteiger partial charge in [0, 0.05) is 24.5 Å². The summed E-state index contributed by atoms with van der Waals surface area (Å²) >= 11 is 0. The molecular weight excluding hydrogens is 350 g/mol. The van der Waals surface area contributed by atoms with E-state index in [0.29, 0.717) is 11.1 Å². The van der Waals surface area contributed by atoms with E-state index < -0.39 is 29.2 Å². The zero-order valence-electron chi connectivity index (χ0n) is 13.5. The first-order chi connectivity index (χ1) is 12.3. The monoisotopic (exact) mass is 363 g/mol. The molecular formula is C18H13F4N3O. The Morgan fingerprint density at radius 2 is 1.81 bits per heavy atom. The second-order valence-corrected chi connectivity index (χ2v) is 5.57. The number of aryl methyl sites for hydroxylation is 1. The van der Waals surface area contributed by atoms with Gasteiger partial charge in [-0.1, -0.05) is 30.3 Å². The molecule has 26 heavy (non-hydrogen) atoms. The lowest BCUT2D eigenvalue weighted by molar-refractivity contribution is -0.141. The number of halogens is 4. The number of benzene rings is 2. The van der Waals surface area contributed by atoms with Crippen molar-refractivity contribution in [2.45, 2.75) is 6.18 Å². The molecule has 0 unspecified atom stereocenters. The number of carbonyl (C=O) groups is 1. The molecule has 1 heterocycles. The fourth-order valence-electron chi connectivity index (χ4n) is 2.54. The molecule has 1 aromatic heterocycles. The Hall–Kier alpha value is -3.16. The molecule has 0 spiro atoms. The quantitative estimate of drug-likeness (QED) is 0.697. The van der Waals surface area contributed by atoms with Gasteiger partial charge in [-0.05, 0) is 23.8 Å². The van der Waals surface area contributed by atoms with Crippen LogP contribution in [0.3, 0.4) is 0 Å². The average Bonchev–Trinajstić information content (AvgIpc) is 3.00. The van der Waals surface area contributed by atoms with Crippen molar-refractivity contribution in [3.8, 4) is 11.1 Å². The van der Waals surface area contributed by atoms with Gasteiger partial charge in [-0.3, -0.25) is 9.48 Å². The van der Waals surface area contributed by atoms with E-state index >= 15 is 0 Å². The molecule has 1 N–H and O–H groups in total. The Morgan fingerprint density at radius 3 is 2.46 bits per heavy atom. The minimum atomic E-state index is -4.76. The summed E-state index contributed by atoms with van der Waals surface area (Å²) < 4.78 is 53.7. The summed E-state index contributed by atoms with van der Waals surface area (Å²) in [6.07, 6.45) is -3.77. The molecule has 3 aromatic rings. The minimum Gasteiger partial charge on any atom is -0.321 e. The van der Waals surface area contributed by atoms with Crippen molar-refractivity contribution in [3.63, 3.8) is 0 Å². The van der Waals surface area contributed by atoms with Crippen molar-refractivity contribution < 1.29 is 22.4 Å². The number of hydrogen-bond donors (Lipinski definition) is 1. The molecule has 0 saturated heterocycles. The van der Waals surface area contributed by atoms with Crippen molar-refractivity contribution in [3.05, 3.63) is 71.8 Å². The molecule has 2 aromatic carbocycles. The predicted octanol–water partition coefficient (Wildman–Crippen LogP) is 4.50. The van der Waals surface area contributed by atoms with Crippen LogP contribution < -0.4 is 5.32 Å². The lowest BCUT2D eigenvalue weighted by atomic mass is 10.0. The number of aromatic nitrogens is 2. The fourth-order valence-corrected chi connectivity index (χ4v) is 2.54. The molecule has 0 aliphatic rings. The van der Waals surface area contributed by atoms with E-state index in [4.69, 9.17) is 0 Å². The highest BCUT2D eigenvalue weighted by molar-refractivity contribution is 6.07. The summed E-state index contributed by atoms with van der Waals surface area (Å²) in [7, 11) is 1.29. The molecule has 0 radical (unpaired) electrons. The molecule has 0 saturated carbocycles. The molecule has 0 atom stereocenters. The van der Waals surface area contributed by atoms with Crippen LogP contribution in [-0.4, -0.2) is 15.7 Å². The van der Waals surface area contributed by atoms with E-state index in [1.165, 1.54) is 19.2 Å². The first-order valence-electron chi connectivity index (χ1n) is 7.53. The zero-order chi connectivity index (χ0) is 18.9. The van der Waals surface area contributed by atoms with E-state index in [2.05, 4.69) is 10.4 Å². The lowest BCUT2D eigenvalue weighted by Gasteiger charge is -2.12.